The van der Waals surface area contributed by atoms with E-state index in [0.29, 0.717) is 37.1 Å². The number of rotatable bonds is 16. The average molecular weight is 572 g/mol. The molecular formula is C26H38N2O8Zn. The number of hydrogen-bond acceptors (Lipinski definition) is 6. The normalized spacial score (nSPS) is 14.8. The van der Waals surface area contributed by atoms with Gasteiger partial charge in [-0.3, -0.25) is 38.6 Å². The van der Waals surface area contributed by atoms with Crippen molar-refractivity contribution in [2.75, 3.05) is 13.1 Å². The molecule has 2 heterocycles. The molecule has 0 aromatic rings. The first kappa shape index (κ1) is 34.3. The van der Waals surface area contributed by atoms with Crippen LogP contribution < -0.4 is 0 Å². The zero-order valence-electron chi connectivity index (χ0n) is 22.0. The molecule has 2 aliphatic rings. The minimum absolute atomic E-state index is 0. The van der Waals surface area contributed by atoms with Crippen LogP contribution in [0.4, 0.5) is 0 Å². The van der Waals surface area contributed by atoms with Crippen LogP contribution in [-0.2, 0) is 48.2 Å². The molecule has 37 heavy (non-hydrogen) atoms. The van der Waals surface area contributed by atoms with Crippen LogP contribution in [0.5, 0.6) is 0 Å². The number of hydrogen-bond donors (Lipinski definition) is 2. The van der Waals surface area contributed by atoms with Gasteiger partial charge in [-0.05, 0) is 39.5 Å². The summed E-state index contributed by atoms with van der Waals surface area (Å²) in [5.41, 5.74) is 1.00. The van der Waals surface area contributed by atoms with E-state index in [4.69, 9.17) is 10.2 Å². The molecule has 0 saturated heterocycles. The molecule has 2 N–H and O–H groups in total. The van der Waals surface area contributed by atoms with E-state index in [2.05, 4.69) is 0 Å². The van der Waals surface area contributed by atoms with E-state index in [1.54, 1.807) is 13.8 Å². The maximum absolute atomic E-state index is 11.5. The number of nitrogens with zero attached hydrogens (tertiary/aromatic N) is 2. The van der Waals surface area contributed by atoms with Crippen LogP contribution in [0.25, 0.3) is 0 Å². The van der Waals surface area contributed by atoms with E-state index < -0.39 is 11.9 Å². The zero-order chi connectivity index (χ0) is 27.1. The van der Waals surface area contributed by atoms with Crippen LogP contribution in [0.2, 0.25) is 0 Å². The Hall–Kier alpha value is -2.68. The summed E-state index contributed by atoms with van der Waals surface area (Å²) in [6.45, 7) is 4.22. The quantitative estimate of drug-likeness (QED) is 0.162. The third-order valence-corrected chi connectivity index (χ3v) is 5.92. The van der Waals surface area contributed by atoms with Gasteiger partial charge in [-0.1, -0.05) is 38.5 Å². The number of aliphatic carboxylic acids is 2. The van der Waals surface area contributed by atoms with Crippen LogP contribution in [-0.4, -0.2) is 68.7 Å². The molecule has 0 radical (unpaired) electrons. The van der Waals surface area contributed by atoms with E-state index >= 15 is 0 Å². The van der Waals surface area contributed by atoms with Crippen molar-refractivity contribution in [1.29, 1.82) is 0 Å². The largest absolute Gasteiger partial charge is 0.481 e. The summed E-state index contributed by atoms with van der Waals surface area (Å²) in [5, 5.41) is 16.9. The van der Waals surface area contributed by atoms with Crippen LogP contribution in [0.1, 0.15) is 90.9 Å². The second kappa shape index (κ2) is 18.5. The first-order valence-corrected chi connectivity index (χ1v) is 12.6. The molecule has 0 unspecified atom stereocenters. The summed E-state index contributed by atoms with van der Waals surface area (Å²) in [6.07, 6.45) is 11.6. The maximum atomic E-state index is 11.5. The van der Waals surface area contributed by atoms with Crippen molar-refractivity contribution in [2.24, 2.45) is 0 Å². The Balaban J connectivity index is 0.000000682. The molecule has 0 aromatic heterocycles. The minimum atomic E-state index is -0.759. The van der Waals surface area contributed by atoms with Gasteiger partial charge in [-0.2, -0.15) is 0 Å². The molecule has 4 amide bonds. The Morgan fingerprint density at radius 1 is 0.595 bits per heavy atom. The summed E-state index contributed by atoms with van der Waals surface area (Å²) in [6, 6.07) is 0. The molecule has 0 aromatic carbocycles. The molecule has 0 bridgehead atoms. The van der Waals surface area contributed by atoms with E-state index in [1.807, 2.05) is 0 Å². The third-order valence-electron chi connectivity index (χ3n) is 5.92. The van der Waals surface area contributed by atoms with Gasteiger partial charge in [-0.25, -0.2) is 0 Å². The Morgan fingerprint density at radius 2 is 0.892 bits per heavy atom. The summed E-state index contributed by atoms with van der Waals surface area (Å²) < 4.78 is 0. The topological polar surface area (TPSA) is 149 Å². The molecular weight excluding hydrogens is 534 g/mol. The number of carbonyl (C=O) groups is 6. The second-order valence-corrected chi connectivity index (χ2v) is 9.07. The van der Waals surface area contributed by atoms with Crippen LogP contribution in [0, 0.1) is 0 Å². The van der Waals surface area contributed by atoms with Gasteiger partial charge in [0.25, 0.3) is 23.6 Å². The van der Waals surface area contributed by atoms with Gasteiger partial charge in [0.05, 0.1) is 0 Å². The van der Waals surface area contributed by atoms with Gasteiger partial charge in [0.15, 0.2) is 0 Å². The summed E-state index contributed by atoms with van der Waals surface area (Å²) in [4.78, 5) is 69.0. The Morgan fingerprint density at radius 3 is 1.16 bits per heavy atom. The fourth-order valence-electron chi connectivity index (χ4n) is 3.85. The number of carboxylic acid groups (broad SMARTS) is 2. The van der Waals surface area contributed by atoms with E-state index in [-0.39, 0.29) is 55.9 Å². The Labute approximate surface area is 230 Å². The average Bonchev–Trinajstić information content (AvgIpc) is 3.19. The van der Waals surface area contributed by atoms with Crippen LogP contribution >= 0.6 is 0 Å². The molecule has 0 spiro atoms. The maximum Gasteiger partial charge on any atom is 0.303 e. The van der Waals surface area contributed by atoms with Crippen molar-refractivity contribution < 1.29 is 58.5 Å². The van der Waals surface area contributed by atoms with Gasteiger partial charge in [0, 0.05) is 68.7 Å². The van der Waals surface area contributed by atoms with Crippen molar-refractivity contribution >= 4 is 35.6 Å². The van der Waals surface area contributed by atoms with Gasteiger partial charge in [-0.15, -0.1) is 0 Å². The van der Waals surface area contributed by atoms with Crippen molar-refractivity contribution in [3.63, 3.8) is 0 Å². The third kappa shape index (κ3) is 13.4. The number of carbonyl (C=O) groups excluding carboxylic acids is 4. The van der Waals surface area contributed by atoms with Gasteiger partial charge < -0.3 is 10.2 Å². The number of unbranched alkanes of at least 4 members (excludes halogenated alkanes) is 8. The fraction of sp³-hybridized carbons (Fsp3) is 0.615. The summed E-state index contributed by atoms with van der Waals surface area (Å²) >= 11 is 0. The molecule has 0 aliphatic carbocycles. The van der Waals surface area contributed by atoms with Crippen LogP contribution in [0.3, 0.4) is 0 Å². The SMILES string of the molecule is CC1=CC(=O)N(CCCCCCCC(=O)O)C1=O.CC1=CC(=O)N(CCCCCCCC(=O)O)C1=O.[Zn]. The van der Waals surface area contributed by atoms with Crippen molar-refractivity contribution in [3.8, 4) is 0 Å². The standard InChI is InChI=1S/2C13H19NO4.Zn/c2*1-10-9-11(15)14(13(10)18)8-6-4-2-3-5-7-12(16)17;/h2*9H,2-8H2,1H3,(H,16,17);. The first-order chi connectivity index (χ1) is 17.0. The van der Waals surface area contributed by atoms with Crippen LogP contribution in [0.15, 0.2) is 23.3 Å². The number of amides is 4. The van der Waals surface area contributed by atoms with Crippen molar-refractivity contribution in [3.05, 3.63) is 23.3 Å². The summed E-state index contributed by atoms with van der Waals surface area (Å²) in [5.74, 6) is -2.34. The second-order valence-electron chi connectivity index (χ2n) is 9.07. The minimum Gasteiger partial charge on any atom is -0.481 e. The molecule has 0 atom stereocenters. The molecule has 10 nitrogen and oxygen atoms in total. The predicted molar refractivity (Wildman–Crippen MR) is 132 cm³/mol. The molecule has 0 saturated carbocycles. The van der Waals surface area contributed by atoms with Gasteiger partial charge >= 0.3 is 11.9 Å². The van der Waals surface area contributed by atoms with E-state index in [1.165, 1.54) is 22.0 Å². The molecule has 0 fully saturated rings. The molecule has 2 aliphatic heterocycles. The zero-order valence-corrected chi connectivity index (χ0v) is 25.0. The Kier molecular flexibility index (Phi) is 17.2. The molecule has 2 rings (SSSR count). The Bertz CT molecular complexity index is 825. The molecule has 202 valence electrons. The van der Waals surface area contributed by atoms with E-state index in [9.17, 15) is 28.8 Å². The van der Waals surface area contributed by atoms with Crippen molar-refractivity contribution in [1.82, 2.24) is 9.80 Å². The monoisotopic (exact) mass is 570 g/mol. The van der Waals surface area contributed by atoms with Gasteiger partial charge in [0.2, 0.25) is 0 Å². The fourth-order valence-corrected chi connectivity index (χ4v) is 3.85. The smallest absolute Gasteiger partial charge is 0.303 e. The van der Waals surface area contributed by atoms with Crippen molar-refractivity contribution in [2.45, 2.75) is 90.9 Å². The predicted octanol–water partition coefficient (Wildman–Crippen LogP) is 3.45. The van der Waals surface area contributed by atoms with Gasteiger partial charge in [0.1, 0.15) is 0 Å². The number of imide groups is 2. The molecule has 11 heteroatoms. The first-order valence-electron chi connectivity index (χ1n) is 12.6. The summed E-state index contributed by atoms with van der Waals surface area (Å²) in [7, 11) is 0. The van der Waals surface area contributed by atoms with E-state index in [0.717, 1.165) is 51.4 Å². The number of carboxylic acids is 2.